The van der Waals surface area contributed by atoms with Crippen molar-refractivity contribution in [3.63, 3.8) is 0 Å². The smallest absolute Gasteiger partial charge is 0.314 e. The predicted molar refractivity (Wildman–Crippen MR) is 74.1 cm³/mol. The van der Waals surface area contributed by atoms with Gasteiger partial charge in [-0.15, -0.1) is 0 Å². The number of hydrogen-bond acceptors (Lipinski definition) is 4. The Morgan fingerprint density at radius 2 is 2.37 bits per heavy atom. The van der Waals surface area contributed by atoms with E-state index in [9.17, 15) is 4.79 Å². The first-order valence-corrected chi connectivity index (χ1v) is 6.83. The van der Waals surface area contributed by atoms with Crippen molar-refractivity contribution < 1.29 is 9.53 Å². The summed E-state index contributed by atoms with van der Waals surface area (Å²) in [5.41, 5.74) is 2.91. The van der Waals surface area contributed by atoms with E-state index < -0.39 is 0 Å². The number of aromatic nitrogens is 1. The highest BCUT2D eigenvalue weighted by molar-refractivity contribution is 6.03. The fourth-order valence-electron chi connectivity index (χ4n) is 2.38. The van der Waals surface area contributed by atoms with Gasteiger partial charge in [-0.25, -0.2) is 0 Å². The van der Waals surface area contributed by atoms with Gasteiger partial charge in [-0.2, -0.15) is 0 Å². The second-order valence-corrected chi connectivity index (χ2v) is 4.77. The minimum Gasteiger partial charge on any atom is -0.465 e. The van der Waals surface area contributed by atoms with Gasteiger partial charge >= 0.3 is 5.97 Å². The Hall–Kier alpha value is -1.71. The SMILES string of the molecule is CCOC(=O)C1CCCC1=NCc1cccc(C)n1. The van der Waals surface area contributed by atoms with Crippen molar-refractivity contribution in [3.8, 4) is 0 Å². The van der Waals surface area contributed by atoms with Crippen molar-refractivity contribution in [2.45, 2.75) is 39.7 Å². The number of carbonyl (C=O) groups excluding carboxylic acids is 1. The number of hydrogen-bond donors (Lipinski definition) is 0. The van der Waals surface area contributed by atoms with Crippen LogP contribution in [0.15, 0.2) is 23.2 Å². The molecule has 1 aliphatic rings. The minimum absolute atomic E-state index is 0.129. The predicted octanol–water partition coefficient (Wildman–Crippen LogP) is 2.69. The second kappa shape index (κ2) is 6.45. The van der Waals surface area contributed by atoms with Crippen molar-refractivity contribution in [1.29, 1.82) is 0 Å². The van der Waals surface area contributed by atoms with E-state index in [0.717, 1.165) is 36.4 Å². The van der Waals surface area contributed by atoms with Gasteiger partial charge in [0.2, 0.25) is 0 Å². The molecule has 0 aromatic carbocycles. The summed E-state index contributed by atoms with van der Waals surface area (Å²) in [6, 6.07) is 5.91. The molecule has 102 valence electrons. The van der Waals surface area contributed by atoms with E-state index in [1.807, 2.05) is 32.0 Å². The quantitative estimate of drug-likeness (QED) is 0.782. The molecule has 4 nitrogen and oxygen atoms in total. The molecule has 1 saturated carbocycles. The monoisotopic (exact) mass is 260 g/mol. The topological polar surface area (TPSA) is 51.5 Å². The number of aliphatic imine (C=N–C) groups is 1. The maximum atomic E-state index is 11.8. The minimum atomic E-state index is -0.134. The van der Waals surface area contributed by atoms with Gasteiger partial charge < -0.3 is 4.74 Å². The van der Waals surface area contributed by atoms with Gasteiger partial charge in [0.15, 0.2) is 0 Å². The fourth-order valence-corrected chi connectivity index (χ4v) is 2.38. The van der Waals surface area contributed by atoms with Gasteiger partial charge in [0, 0.05) is 11.4 Å². The standard InChI is InChI=1S/C15H20N2O2/c1-3-19-15(18)13-8-5-9-14(13)16-10-12-7-4-6-11(2)17-12/h4,6-7,13H,3,5,8-10H2,1-2H3. The summed E-state index contributed by atoms with van der Waals surface area (Å²) in [6.45, 7) is 4.78. The molecule has 0 N–H and O–H groups in total. The van der Waals surface area contributed by atoms with Crippen molar-refractivity contribution >= 4 is 11.7 Å². The van der Waals surface area contributed by atoms with Gasteiger partial charge in [-0.3, -0.25) is 14.8 Å². The lowest BCUT2D eigenvalue weighted by Gasteiger charge is -2.10. The van der Waals surface area contributed by atoms with E-state index in [0.29, 0.717) is 13.2 Å². The molecular weight excluding hydrogens is 240 g/mol. The lowest BCUT2D eigenvalue weighted by Crippen LogP contribution is -2.21. The molecular formula is C15H20N2O2. The molecule has 1 fully saturated rings. The molecule has 2 rings (SSSR count). The molecule has 0 aliphatic heterocycles. The van der Waals surface area contributed by atoms with Gasteiger partial charge in [-0.05, 0) is 45.2 Å². The maximum Gasteiger partial charge on any atom is 0.314 e. The van der Waals surface area contributed by atoms with E-state index in [1.165, 1.54) is 0 Å². The first-order chi connectivity index (χ1) is 9.20. The first-order valence-electron chi connectivity index (χ1n) is 6.83. The third-order valence-electron chi connectivity index (χ3n) is 3.29. The first kappa shape index (κ1) is 13.7. The summed E-state index contributed by atoms with van der Waals surface area (Å²) >= 11 is 0. The van der Waals surface area contributed by atoms with E-state index in [2.05, 4.69) is 9.98 Å². The highest BCUT2D eigenvalue weighted by Crippen LogP contribution is 2.24. The number of ether oxygens (including phenoxy) is 1. The third kappa shape index (κ3) is 3.63. The average Bonchev–Trinajstić information content (AvgIpc) is 2.85. The van der Waals surface area contributed by atoms with Crippen LogP contribution in [0, 0.1) is 12.8 Å². The largest absolute Gasteiger partial charge is 0.465 e. The van der Waals surface area contributed by atoms with Crippen LogP contribution in [-0.4, -0.2) is 23.3 Å². The molecule has 4 heteroatoms. The normalized spacial score (nSPS) is 20.7. The number of carbonyl (C=O) groups is 1. The van der Waals surface area contributed by atoms with Crippen molar-refractivity contribution in [3.05, 3.63) is 29.6 Å². The summed E-state index contributed by atoms with van der Waals surface area (Å²) in [5.74, 6) is -0.263. The van der Waals surface area contributed by atoms with Crippen LogP contribution in [0.1, 0.15) is 37.6 Å². The summed E-state index contributed by atoms with van der Waals surface area (Å²) in [4.78, 5) is 20.8. The zero-order valence-electron chi connectivity index (χ0n) is 11.6. The van der Waals surface area contributed by atoms with Gasteiger partial charge in [0.1, 0.15) is 0 Å². The summed E-state index contributed by atoms with van der Waals surface area (Å²) in [7, 11) is 0. The summed E-state index contributed by atoms with van der Waals surface area (Å²) in [5, 5.41) is 0. The second-order valence-electron chi connectivity index (χ2n) is 4.77. The Morgan fingerprint density at radius 1 is 1.53 bits per heavy atom. The molecule has 1 heterocycles. The highest BCUT2D eigenvalue weighted by Gasteiger charge is 2.30. The molecule has 0 bridgehead atoms. The van der Waals surface area contributed by atoms with Gasteiger partial charge in [-0.1, -0.05) is 6.07 Å². The Balaban J connectivity index is 2.03. The molecule has 1 aromatic rings. The van der Waals surface area contributed by atoms with Crippen LogP contribution < -0.4 is 0 Å². The molecule has 1 atom stereocenters. The van der Waals surface area contributed by atoms with Crippen LogP contribution >= 0.6 is 0 Å². The molecule has 0 saturated heterocycles. The van der Waals surface area contributed by atoms with Crippen molar-refractivity contribution in [1.82, 2.24) is 4.98 Å². The number of rotatable bonds is 4. The van der Waals surface area contributed by atoms with Crippen LogP contribution in [-0.2, 0) is 16.1 Å². The maximum absolute atomic E-state index is 11.8. The number of pyridine rings is 1. The van der Waals surface area contributed by atoms with E-state index in [4.69, 9.17) is 4.74 Å². The van der Waals surface area contributed by atoms with Crippen molar-refractivity contribution in [2.24, 2.45) is 10.9 Å². The molecule has 0 radical (unpaired) electrons. The lowest BCUT2D eigenvalue weighted by molar-refractivity contribution is -0.145. The van der Waals surface area contributed by atoms with E-state index in [1.54, 1.807) is 0 Å². The molecule has 0 spiro atoms. The third-order valence-corrected chi connectivity index (χ3v) is 3.29. The van der Waals surface area contributed by atoms with Crippen LogP contribution in [0.25, 0.3) is 0 Å². The molecule has 1 aromatic heterocycles. The number of esters is 1. The van der Waals surface area contributed by atoms with Crippen LogP contribution in [0.3, 0.4) is 0 Å². The summed E-state index contributed by atoms with van der Waals surface area (Å²) < 4.78 is 5.09. The molecule has 1 unspecified atom stereocenters. The Bertz CT molecular complexity index is 483. The molecule has 19 heavy (non-hydrogen) atoms. The fraction of sp³-hybridized carbons (Fsp3) is 0.533. The zero-order valence-corrected chi connectivity index (χ0v) is 11.6. The zero-order chi connectivity index (χ0) is 13.7. The van der Waals surface area contributed by atoms with Gasteiger partial charge in [0.05, 0.1) is 24.8 Å². The van der Waals surface area contributed by atoms with E-state index >= 15 is 0 Å². The van der Waals surface area contributed by atoms with Crippen LogP contribution in [0.4, 0.5) is 0 Å². The van der Waals surface area contributed by atoms with Crippen LogP contribution in [0.2, 0.25) is 0 Å². The molecule has 1 aliphatic carbocycles. The Labute approximate surface area is 113 Å². The Kier molecular flexibility index (Phi) is 4.66. The highest BCUT2D eigenvalue weighted by atomic mass is 16.5. The lowest BCUT2D eigenvalue weighted by atomic mass is 10.1. The average molecular weight is 260 g/mol. The van der Waals surface area contributed by atoms with Crippen molar-refractivity contribution in [2.75, 3.05) is 6.61 Å². The van der Waals surface area contributed by atoms with Gasteiger partial charge in [0.25, 0.3) is 0 Å². The number of aryl methyl sites for hydroxylation is 1. The number of nitrogens with zero attached hydrogens (tertiary/aromatic N) is 2. The Morgan fingerprint density at radius 3 is 3.11 bits per heavy atom. The van der Waals surface area contributed by atoms with Crippen LogP contribution in [0.5, 0.6) is 0 Å². The van der Waals surface area contributed by atoms with E-state index in [-0.39, 0.29) is 11.9 Å². The molecule has 0 amide bonds. The summed E-state index contributed by atoms with van der Waals surface area (Å²) in [6.07, 6.45) is 2.78.